The average Bonchev–Trinajstić information content (AvgIpc) is 2.39. The molecule has 0 radical (unpaired) electrons. The van der Waals surface area contributed by atoms with E-state index in [0.717, 1.165) is 18.0 Å². The Morgan fingerprint density at radius 3 is 3.21 bits per heavy atom. The fraction of sp³-hybridized carbons (Fsp3) is 0.308. The van der Waals surface area contributed by atoms with Gasteiger partial charge in [-0.05, 0) is 6.07 Å². The number of hydrogen-bond acceptors (Lipinski definition) is 5. The summed E-state index contributed by atoms with van der Waals surface area (Å²) in [6, 6.07) is 3.50. The van der Waals surface area contributed by atoms with Gasteiger partial charge in [-0.1, -0.05) is 5.92 Å². The third-order valence-electron chi connectivity index (χ3n) is 2.53. The van der Waals surface area contributed by atoms with Crippen molar-refractivity contribution in [3.8, 4) is 18.1 Å². The van der Waals surface area contributed by atoms with Crippen LogP contribution in [-0.4, -0.2) is 30.6 Å². The Kier molecular flexibility index (Phi) is 4.42. The van der Waals surface area contributed by atoms with E-state index < -0.39 is 0 Å². The molecule has 6 heteroatoms. The van der Waals surface area contributed by atoms with E-state index >= 15 is 0 Å². The Balaban J connectivity index is 1.99. The summed E-state index contributed by atoms with van der Waals surface area (Å²) in [5, 5.41) is 5.96. The molecule has 0 saturated heterocycles. The summed E-state index contributed by atoms with van der Waals surface area (Å²) in [6.45, 7) is 0.784. The summed E-state index contributed by atoms with van der Waals surface area (Å²) >= 11 is 1.67. The lowest BCUT2D eigenvalue weighted by Crippen LogP contribution is -2.25. The predicted molar refractivity (Wildman–Crippen MR) is 79.6 cm³/mol. The van der Waals surface area contributed by atoms with Crippen LogP contribution in [0, 0.1) is 12.3 Å². The lowest BCUT2D eigenvalue weighted by Gasteiger charge is -2.20. The first-order valence-corrected chi connectivity index (χ1v) is 6.97. The van der Waals surface area contributed by atoms with Gasteiger partial charge in [0, 0.05) is 18.4 Å². The van der Waals surface area contributed by atoms with Crippen LogP contribution in [0.1, 0.15) is 0 Å². The van der Waals surface area contributed by atoms with Crippen LogP contribution >= 0.6 is 11.8 Å². The van der Waals surface area contributed by atoms with Crippen LogP contribution in [0.15, 0.2) is 12.1 Å². The third kappa shape index (κ3) is 3.48. The normalized spacial score (nSPS) is 12.9. The van der Waals surface area contributed by atoms with Crippen molar-refractivity contribution >= 4 is 34.7 Å². The average molecular weight is 277 g/mol. The van der Waals surface area contributed by atoms with Crippen molar-refractivity contribution in [1.82, 2.24) is 0 Å². The van der Waals surface area contributed by atoms with Crippen LogP contribution in [0.3, 0.4) is 0 Å². The molecular formula is C13H15N3O2S. The minimum absolute atomic E-state index is 0.0297. The number of fused-ring (bicyclic) bond motifs is 1. The second kappa shape index (κ2) is 6.25. The van der Waals surface area contributed by atoms with Crippen LogP contribution in [0.5, 0.6) is 5.75 Å². The largest absolute Gasteiger partial charge is 0.482 e. The standard InChI is InChI=1S/C13H15N3O2S/c1-2-4-19-5-3-15-10-7-11-12(6-9(10)14)18-8-13(17)16-11/h1,6-7,15H,3-5,8,14H2,(H,16,17). The molecule has 4 N–H and O–H groups in total. The molecule has 0 unspecified atom stereocenters. The maximum absolute atomic E-state index is 11.2. The maximum atomic E-state index is 11.2. The van der Waals surface area contributed by atoms with Crippen molar-refractivity contribution in [1.29, 1.82) is 0 Å². The lowest BCUT2D eigenvalue weighted by molar-refractivity contribution is -0.118. The van der Waals surface area contributed by atoms with E-state index in [0.29, 0.717) is 22.9 Å². The number of nitrogens with two attached hydrogens (primary N) is 1. The molecule has 0 aromatic heterocycles. The van der Waals surface area contributed by atoms with Gasteiger partial charge in [0.25, 0.3) is 5.91 Å². The van der Waals surface area contributed by atoms with Crippen molar-refractivity contribution in [2.75, 3.05) is 41.0 Å². The zero-order valence-electron chi connectivity index (χ0n) is 10.4. The van der Waals surface area contributed by atoms with Crippen molar-refractivity contribution in [3.63, 3.8) is 0 Å². The molecule has 1 aromatic rings. The van der Waals surface area contributed by atoms with Gasteiger partial charge in [0.15, 0.2) is 6.61 Å². The maximum Gasteiger partial charge on any atom is 0.262 e. The number of nitrogen functional groups attached to an aromatic ring is 1. The number of thioether (sulfide) groups is 1. The quantitative estimate of drug-likeness (QED) is 0.430. The summed E-state index contributed by atoms with van der Waals surface area (Å²) in [4.78, 5) is 11.2. The molecule has 1 amide bonds. The predicted octanol–water partition coefficient (Wildman–Crippen LogP) is 1.38. The number of benzene rings is 1. The molecule has 0 fully saturated rings. The lowest BCUT2D eigenvalue weighted by atomic mass is 10.2. The van der Waals surface area contributed by atoms with Crippen LogP contribution in [-0.2, 0) is 4.79 Å². The van der Waals surface area contributed by atoms with E-state index in [1.54, 1.807) is 23.9 Å². The molecular weight excluding hydrogens is 262 g/mol. The molecule has 1 heterocycles. The molecule has 5 nitrogen and oxygen atoms in total. The summed E-state index contributed by atoms with van der Waals surface area (Å²) in [5.41, 5.74) is 7.95. The number of ether oxygens (including phenoxy) is 1. The van der Waals surface area contributed by atoms with Gasteiger partial charge >= 0.3 is 0 Å². The second-order valence-corrected chi connectivity index (χ2v) is 5.06. The first-order valence-electron chi connectivity index (χ1n) is 5.82. The second-order valence-electron chi connectivity index (χ2n) is 3.96. The minimum atomic E-state index is -0.159. The molecule has 0 spiro atoms. The fourth-order valence-electron chi connectivity index (χ4n) is 1.68. The van der Waals surface area contributed by atoms with E-state index in [2.05, 4.69) is 16.6 Å². The van der Waals surface area contributed by atoms with E-state index in [4.69, 9.17) is 16.9 Å². The molecule has 0 atom stereocenters. The van der Waals surface area contributed by atoms with Crippen molar-refractivity contribution in [3.05, 3.63) is 12.1 Å². The molecule has 1 aliphatic rings. The van der Waals surface area contributed by atoms with Gasteiger partial charge in [-0.2, -0.15) is 0 Å². The molecule has 1 aromatic carbocycles. The zero-order valence-corrected chi connectivity index (χ0v) is 11.2. The summed E-state index contributed by atoms with van der Waals surface area (Å²) in [6.07, 6.45) is 5.17. The summed E-state index contributed by atoms with van der Waals surface area (Å²) in [7, 11) is 0. The van der Waals surface area contributed by atoms with Gasteiger partial charge < -0.3 is 21.1 Å². The number of terminal acetylenes is 1. The van der Waals surface area contributed by atoms with E-state index in [-0.39, 0.29) is 12.5 Å². The van der Waals surface area contributed by atoms with Crippen molar-refractivity contribution in [2.45, 2.75) is 0 Å². The molecule has 19 heavy (non-hydrogen) atoms. The van der Waals surface area contributed by atoms with Crippen LogP contribution in [0.25, 0.3) is 0 Å². The molecule has 0 bridgehead atoms. The molecule has 0 aliphatic carbocycles. The van der Waals surface area contributed by atoms with Gasteiger partial charge in [0.2, 0.25) is 0 Å². The Morgan fingerprint density at radius 2 is 2.42 bits per heavy atom. The van der Waals surface area contributed by atoms with Crippen LogP contribution < -0.4 is 21.1 Å². The highest BCUT2D eigenvalue weighted by molar-refractivity contribution is 7.99. The van der Waals surface area contributed by atoms with Gasteiger partial charge in [-0.25, -0.2) is 0 Å². The van der Waals surface area contributed by atoms with Gasteiger partial charge in [-0.3, -0.25) is 4.79 Å². The number of carbonyl (C=O) groups excluding carboxylic acids is 1. The summed E-state index contributed by atoms with van der Waals surface area (Å²) in [5.74, 6) is 4.60. The van der Waals surface area contributed by atoms with E-state index in [1.807, 2.05) is 0 Å². The zero-order chi connectivity index (χ0) is 13.7. The van der Waals surface area contributed by atoms with Crippen molar-refractivity contribution < 1.29 is 9.53 Å². The van der Waals surface area contributed by atoms with Crippen LogP contribution in [0.2, 0.25) is 0 Å². The Hall–Kier alpha value is -2.00. The molecule has 100 valence electrons. The molecule has 0 saturated carbocycles. The number of amides is 1. The first kappa shape index (κ1) is 13.4. The number of nitrogens with one attached hydrogen (secondary N) is 2. The van der Waals surface area contributed by atoms with Gasteiger partial charge in [0.05, 0.1) is 22.8 Å². The number of hydrogen-bond donors (Lipinski definition) is 3. The Morgan fingerprint density at radius 1 is 1.58 bits per heavy atom. The third-order valence-corrected chi connectivity index (χ3v) is 3.40. The number of anilines is 3. The highest BCUT2D eigenvalue weighted by Gasteiger charge is 2.17. The highest BCUT2D eigenvalue weighted by Crippen LogP contribution is 2.35. The molecule has 1 aliphatic heterocycles. The first-order chi connectivity index (χ1) is 9.20. The van der Waals surface area contributed by atoms with Gasteiger partial charge in [-0.15, -0.1) is 18.2 Å². The van der Waals surface area contributed by atoms with Crippen LogP contribution in [0.4, 0.5) is 17.1 Å². The van der Waals surface area contributed by atoms with E-state index in [9.17, 15) is 4.79 Å². The minimum Gasteiger partial charge on any atom is -0.482 e. The molecule has 2 rings (SSSR count). The Bertz CT molecular complexity index is 525. The smallest absolute Gasteiger partial charge is 0.262 e. The van der Waals surface area contributed by atoms with E-state index in [1.165, 1.54) is 0 Å². The number of rotatable bonds is 5. The van der Waals surface area contributed by atoms with Gasteiger partial charge in [0.1, 0.15) is 5.75 Å². The summed E-state index contributed by atoms with van der Waals surface area (Å²) < 4.78 is 5.28. The highest BCUT2D eigenvalue weighted by atomic mass is 32.2. The topological polar surface area (TPSA) is 76.4 Å². The fourth-order valence-corrected chi connectivity index (χ4v) is 2.19. The Labute approximate surface area is 116 Å². The SMILES string of the molecule is C#CCSCCNc1cc2c(cc1N)OCC(=O)N2. The number of carbonyl (C=O) groups is 1. The van der Waals surface area contributed by atoms with Crippen molar-refractivity contribution in [2.24, 2.45) is 0 Å². The monoisotopic (exact) mass is 277 g/mol.